The summed E-state index contributed by atoms with van der Waals surface area (Å²) in [6.45, 7) is 4.51. The van der Waals surface area contributed by atoms with Crippen LogP contribution in [0.25, 0.3) is 0 Å². The lowest BCUT2D eigenvalue weighted by Crippen LogP contribution is -2.04. The number of rotatable bonds is 5. The molecule has 0 spiro atoms. The van der Waals surface area contributed by atoms with Gasteiger partial charge in [-0.15, -0.1) is 0 Å². The van der Waals surface area contributed by atoms with Gasteiger partial charge in [-0.05, 0) is 35.4 Å². The van der Waals surface area contributed by atoms with Gasteiger partial charge in [0, 0.05) is 12.7 Å². The van der Waals surface area contributed by atoms with Crippen LogP contribution in [0.15, 0.2) is 11.8 Å². The monoisotopic (exact) mass is 293 g/mol. The molecule has 1 saturated heterocycles. The van der Waals surface area contributed by atoms with Crippen molar-refractivity contribution in [1.29, 1.82) is 0 Å². The second kappa shape index (κ2) is 4.67. The molecule has 0 unspecified atom stereocenters. The van der Waals surface area contributed by atoms with Gasteiger partial charge < -0.3 is 4.90 Å². The first-order valence-corrected chi connectivity index (χ1v) is 6.38. The Morgan fingerprint density at radius 3 is 2.62 bits per heavy atom. The second-order valence-electron chi connectivity index (χ2n) is 3.80. The maximum atomic E-state index is 2.59. The molecule has 0 aliphatic carbocycles. The molecule has 1 heterocycles. The van der Waals surface area contributed by atoms with E-state index in [1.807, 2.05) is 0 Å². The molecule has 0 aromatic rings. The number of allylic oxidation sites excluding steroid dienone is 1. The summed E-state index contributed by atoms with van der Waals surface area (Å²) in [5.74, 6) is 0. The van der Waals surface area contributed by atoms with Gasteiger partial charge in [-0.3, -0.25) is 0 Å². The van der Waals surface area contributed by atoms with Crippen LogP contribution in [0.2, 0.25) is 0 Å². The average Bonchev–Trinajstić information content (AvgIpc) is 2.58. The van der Waals surface area contributed by atoms with E-state index < -0.39 is 0 Å². The molecule has 0 saturated carbocycles. The number of likely N-dealkylation sites (N-methyl/N-ethyl adjacent to an activating group) is 1. The van der Waals surface area contributed by atoms with Crippen LogP contribution in [0.4, 0.5) is 0 Å². The molecule has 0 aromatic heterocycles. The summed E-state index contributed by atoms with van der Waals surface area (Å²) >= 11 is 2.59. The number of hydrogen-bond donors (Lipinski definition) is 0. The predicted octanol–water partition coefficient (Wildman–Crippen LogP) is 3.94. The van der Waals surface area contributed by atoms with Crippen LogP contribution in [0, 0.1) is 0 Å². The van der Waals surface area contributed by atoms with Crippen molar-refractivity contribution in [3.8, 4) is 0 Å². The van der Waals surface area contributed by atoms with E-state index in [1.165, 1.54) is 32.1 Å². The minimum Gasteiger partial charge on any atom is -0.356 e. The topological polar surface area (TPSA) is 3.01 Å². The summed E-state index contributed by atoms with van der Waals surface area (Å²) in [7, 11) is 2.21. The fourth-order valence-corrected chi connectivity index (χ4v) is 3.02. The van der Waals surface area contributed by atoms with Gasteiger partial charge in [-0.25, -0.2) is 0 Å². The van der Waals surface area contributed by atoms with E-state index >= 15 is 0 Å². The van der Waals surface area contributed by atoms with Crippen LogP contribution in [0.5, 0.6) is 0 Å². The Morgan fingerprint density at radius 1 is 1.38 bits per heavy atom. The van der Waals surface area contributed by atoms with E-state index in [-0.39, 0.29) is 0 Å². The first kappa shape index (κ1) is 11.3. The summed E-state index contributed by atoms with van der Waals surface area (Å²) in [6, 6.07) is 0. The number of nitrogens with zero attached hydrogens (tertiary/aromatic N) is 1. The van der Waals surface area contributed by atoms with E-state index in [0.717, 1.165) is 0 Å². The number of unbranched alkanes of at least 4 members (excludes halogenated alkanes) is 2. The maximum Gasteiger partial charge on any atom is 0.131 e. The summed E-state index contributed by atoms with van der Waals surface area (Å²) in [5, 5.41) is 0. The molecule has 1 aliphatic rings. The molecule has 1 aliphatic heterocycles. The Balaban J connectivity index is 2.41. The predicted molar refractivity (Wildman–Crippen MR) is 67.0 cm³/mol. The normalized spacial score (nSPS) is 29.8. The third-order valence-electron chi connectivity index (χ3n) is 2.71. The van der Waals surface area contributed by atoms with Crippen molar-refractivity contribution in [2.24, 2.45) is 0 Å². The highest BCUT2D eigenvalue weighted by atomic mass is 127. The largest absolute Gasteiger partial charge is 0.356 e. The second-order valence-corrected chi connectivity index (χ2v) is 5.58. The first-order valence-electron chi connectivity index (χ1n) is 5.30. The molecule has 13 heavy (non-hydrogen) atoms. The highest BCUT2D eigenvalue weighted by Crippen LogP contribution is 2.52. The van der Waals surface area contributed by atoms with Crippen molar-refractivity contribution in [3.63, 3.8) is 0 Å². The Morgan fingerprint density at radius 2 is 2.08 bits per heavy atom. The van der Waals surface area contributed by atoms with Crippen molar-refractivity contribution in [3.05, 3.63) is 11.8 Å². The molecule has 1 rings (SSSR count). The molecule has 1 atom stereocenters. The number of alkyl halides is 1. The van der Waals surface area contributed by atoms with Gasteiger partial charge in [0.25, 0.3) is 0 Å². The maximum absolute atomic E-state index is 2.59. The van der Waals surface area contributed by atoms with Crippen LogP contribution in [-0.4, -0.2) is 15.5 Å². The van der Waals surface area contributed by atoms with Gasteiger partial charge in [-0.2, -0.15) is 0 Å². The lowest BCUT2D eigenvalue weighted by atomic mass is 10.2. The molecule has 76 valence electrons. The molecule has 0 bridgehead atoms. The lowest BCUT2D eigenvalue weighted by Gasteiger charge is -2.02. The van der Waals surface area contributed by atoms with E-state index in [9.17, 15) is 0 Å². The van der Waals surface area contributed by atoms with Gasteiger partial charge in [0.05, 0.1) is 0 Å². The van der Waals surface area contributed by atoms with Crippen molar-refractivity contribution < 1.29 is 0 Å². The zero-order valence-electron chi connectivity index (χ0n) is 8.94. The molecule has 0 aromatic carbocycles. The fraction of sp³-hybridized carbons (Fsp3) is 0.818. The SMILES string of the molecule is CCCC/C=C1\N(C)[C@]1(I)CCC. The van der Waals surface area contributed by atoms with Gasteiger partial charge in [0.2, 0.25) is 0 Å². The van der Waals surface area contributed by atoms with Crippen LogP contribution >= 0.6 is 22.6 Å². The van der Waals surface area contributed by atoms with Crippen molar-refractivity contribution in [2.45, 2.75) is 49.5 Å². The molecule has 0 amide bonds. The third-order valence-corrected chi connectivity index (χ3v) is 4.53. The Kier molecular flexibility index (Phi) is 4.07. The fourth-order valence-electron chi connectivity index (χ4n) is 1.76. The molecule has 0 N–H and O–H groups in total. The zero-order valence-corrected chi connectivity index (χ0v) is 11.1. The molecule has 1 fully saturated rings. The zero-order chi connectivity index (χ0) is 9.90. The van der Waals surface area contributed by atoms with Crippen molar-refractivity contribution >= 4 is 22.6 Å². The summed E-state index contributed by atoms with van der Waals surface area (Å²) in [6.07, 6.45) is 8.88. The number of hydrogen-bond acceptors (Lipinski definition) is 1. The smallest absolute Gasteiger partial charge is 0.131 e. The summed E-state index contributed by atoms with van der Waals surface area (Å²) in [5.41, 5.74) is 1.56. The average molecular weight is 293 g/mol. The van der Waals surface area contributed by atoms with Crippen LogP contribution in [0.3, 0.4) is 0 Å². The minimum atomic E-state index is 0.389. The third kappa shape index (κ3) is 2.39. The van der Waals surface area contributed by atoms with E-state index in [1.54, 1.807) is 5.70 Å². The van der Waals surface area contributed by atoms with E-state index in [0.29, 0.717) is 3.55 Å². The van der Waals surface area contributed by atoms with Crippen molar-refractivity contribution in [1.82, 2.24) is 4.90 Å². The lowest BCUT2D eigenvalue weighted by molar-refractivity contribution is 0.571. The molecular formula is C11H20IN. The summed E-state index contributed by atoms with van der Waals surface area (Å²) in [4.78, 5) is 2.41. The Bertz CT molecular complexity index is 200. The molecule has 1 nitrogen and oxygen atoms in total. The van der Waals surface area contributed by atoms with Gasteiger partial charge >= 0.3 is 0 Å². The molecule has 2 heteroatoms. The molecule has 0 radical (unpaired) electrons. The van der Waals surface area contributed by atoms with Gasteiger partial charge in [-0.1, -0.05) is 39.2 Å². The Hall–Kier alpha value is 0.270. The first-order chi connectivity index (χ1) is 6.16. The van der Waals surface area contributed by atoms with Gasteiger partial charge in [0.15, 0.2) is 0 Å². The van der Waals surface area contributed by atoms with Crippen LogP contribution in [0.1, 0.15) is 46.0 Å². The van der Waals surface area contributed by atoms with Crippen LogP contribution < -0.4 is 0 Å². The molecular weight excluding hydrogens is 273 g/mol. The number of halogens is 1. The summed E-state index contributed by atoms with van der Waals surface area (Å²) < 4.78 is 0.389. The van der Waals surface area contributed by atoms with Gasteiger partial charge in [0.1, 0.15) is 3.55 Å². The quantitative estimate of drug-likeness (QED) is 0.244. The van der Waals surface area contributed by atoms with Crippen molar-refractivity contribution in [2.75, 3.05) is 7.05 Å². The Labute approximate surface area is 95.7 Å². The van der Waals surface area contributed by atoms with Crippen LogP contribution in [-0.2, 0) is 0 Å². The van der Waals surface area contributed by atoms with E-state index in [2.05, 4.69) is 54.5 Å². The highest BCUT2D eigenvalue weighted by molar-refractivity contribution is 14.1. The highest BCUT2D eigenvalue weighted by Gasteiger charge is 2.51. The minimum absolute atomic E-state index is 0.389. The standard InChI is InChI=1S/C11H20IN/c1-4-6-7-8-10-11(12,9-5-2)13(10)3/h8H,4-7,9H2,1-3H3/b10-8-/t11-,13?/m1/s1. The van der Waals surface area contributed by atoms with E-state index in [4.69, 9.17) is 0 Å².